The summed E-state index contributed by atoms with van der Waals surface area (Å²) in [6.07, 6.45) is 1.96. The third kappa shape index (κ3) is 3.54. The summed E-state index contributed by atoms with van der Waals surface area (Å²) in [5.41, 5.74) is 8.28. The summed E-state index contributed by atoms with van der Waals surface area (Å²) >= 11 is 0. The van der Waals surface area contributed by atoms with E-state index in [1.54, 1.807) is 7.05 Å². The molecule has 2 aliphatic rings. The van der Waals surface area contributed by atoms with Crippen LogP contribution in [0.15, 0.2) is 38.8 Å². The number of aryl methyl sites for hydroxylation is 2. The molecule has 1 saturated heterocycles. The Morgan fingerprint density at radius 3 is 2.70 bits per heavy atom. The van der Waals surface area contributed by atoms with Crippen molar-refractivity contribution in [1.82, 2.24) is 23.6 Å². The van der Waals surface area contributed by atoms with Crippen molar-refractivity contribution in [3.63, 3.8) is 0 Å². The highest BCUT2D eigenvalue weighted by Crippen LogP contribution is 2.26. The zero-order valence-corrected chi connectivity index (χ0v) is 19.4. The van der Waals surface area contributed by atoms with E-state index in [1.807, 2.05) is 47.7 Å². The van der Waals surface area contributed by atoms with Gasteiger partial charge in [0.15, 0.2) is 11.2 Å². The zero-order valence-electron chi connectivity index (χ0n) is 19.4. The largest absolute Gasteiger partial charge is 0.357 e. The summed E-state index contributed by atoms with van der Waals surface area (Å²) < 4.78 is 4.64. The zero-order chi connectivity index (χ0) is 23.3. The minimum absolute atomic E-state index is 0.0760. The summed E-state index contributed by atoms with van der Waals surface area (Å²) in [6.45, 7) is 4.86. The lowest BCUT2D eigenvalue weighted by Crippen LogP contribution is -2.44. The average molecular weight is 451 g/mol. The maximum atomic E-state index is 13.6. The van der Waals surface area contributed by atoms with Gasteiger partial charge in [0.25, 0.3) is 5.56 Å². The molecule has 2 N–H and O–H groups in total. The van der Waals surface area contributed by atoms with Crippen LogP contribution in [0, 0.1) is 0 Å². The number of imidazole rings is 1. The predicted octanol–water partition coefficient (Wildman–Crippen LogP) is 1.02. The molecule has 1 atom stereocenters. The van der Waals surface area contributed by atoms with Gasteiger partial charge in [-0.15, -0.1) is 0 Å². The van der Waals surface area contributed by atoms with Gasteiger partial charge in [-0.2, -0.15) is 4.98 Å². The molecular weight excluding hydrogens is 420 g/mol. The van der Waals surface area contributed by atoms with E-state index in [2.05, 4.69) is 4.90 Å². The van der Waals surface area contributed by atoms with Crippen LogP contribution in [0.5, 0.6) is 0 Å². The van der Waals surface area contributed by atoms with Crippen LogP contribution in [0.2, 0.25) is 0 Å². The molecule has 1 aromatic carbocycles. The number of nitrogens with zero attached hydrogens (tertiary/aromatic N) is 7. The molecule has 1 fully saturated rings. The van der Waals surface area contributed by atoms with Crippen molar-refractivity contribution in [3.05, 3.63) is 50.7 Å². The smallest absolute Gasteiger partial charge is 0.332 e. The average Bonchev–Trinajstić information content (AvgIpc) is 3.20. The van der Waals surface area contributed by atoms with E-state index in [0.29, 0.717) is 42.6 Å². The van der Waals surface area contributed by atoms with Crippen LogP contribution in [0.25, 0.3) is 11.2 Å². The van der Waals surface area contributed by atoms with Crippen molar-refractivity contribution in [2.24, 2.45) is 17.8 Å². The minimum atomic E-state index is -0.398. The first-order valence-electron chi connectivity index (χ1n) is 11.5. The first kappa shape index (κ1) is 21.4. The molecule has 10 heteroatoms. The van der Waals surface area contributed by atoms with E-state index in [9.17, 15) is 9.59 Å². The number of fused-ring (bicyclic) bond motifs is 2. The molecule has 3 aromatic rings. The number of aliphatic imine (C=N–C) groups is 1. The topological polar surface area (TPSA) is 107 Å². The van der Waals surface area contributed by atoms with Gasteiger partial charge in [-0.25, -0.2) is 9.79 Å². The van der Waals surface area contributed by atoms with E-state index in [4.69, 9.17) is 15.7 Å². The van der Waals surface area contributed by atoms with Crippen LogP contribution in [0.1, 0.15) is 25.3 Å². The van der Waals surface area contributed by atoms with Crippen molar-refractivity contribution in [2.75, 3.05) is 25.0 Å². The lowest BCUT2D eigenvalue weighted by molar-refractivity contribution is 0.469. The summed E-state index contributed by atoms with van der Waals surface area (Å²) in [4.78, 5) is 40.5. The van der Waals surface area contributed by atoms with Crippen LogP contribution >= 0.6 is 0 Å². The van der Waals surface area contributed by atoms with Crippen molar-refractivity contribution in [3.8, 4) is 0 Å². The number of rotatable bonds is 4. The number of hydrogen-bond acceptors (Lipinski definition) is 7. The van der Waals surface area contributed by atoms with E-state index >= 15 is 0 Å². The van der Waals surface area contributed by atoms with Gasteiger partial charge in [0.1, 0.15) is 5.84 Å². The summed E-state index contributed by atoms with van der Waals surface area (Å²) in [5, 5.41) is 0. The molecule has 0 aliphatic carbocycles. The number of hydrogen-bond donors (Lipinski definition) is 1. The van der Waals surface area contributed by atoms with Gasteiger partial charge in [0, 0.05) is 46.3 Å². The first-order chi connectivity index (χ1) is 15.9. The molecule has 2 aliphatic heterocycles. The number of benzene rings is 1. The van der Waals surface area contributed by atoms with Gasteiger partial charge in [-0.3, -0.25) is 13.9 Å². The molecule has 10 nitrogen and oxygen atoms in total. The SMILES string of the molecule is CCn1c(N2CCCC(N)C2)nc2c1c(=O)n(CC1=Nc3ccccc3CN1C)c(=O)n2C. The molecule has 4 heterocycles. The van der Waals surface area contributed by atoms with Crippen molar-refractivity contribution >= 4 is 28.6 Å². The number of likely N-dealkylation sites (N-methyl/N-ethyl adjacent to an activating group) is 1. The molecule has 0 amide bonds. The summed E-state index contributed by atoms with van der Waals surface area (Å²) in [5.74, 6) is 1.38. The number of nitrogens with two attached hydrogens (primary N) is 1. The fraction of sp³-hybridized carbons (Fsp3) is 0.478. The Balaban J connectivity index is 1.63. The third-order valence-corrected chi connectivity index (χ3v) is 6.66. The predicted molar refractivity (Wildman–Crippen MR) is 129 cm³/mol. The van der Waals surface area contributed by atoms with E-state index < -0.39 is 5.69 Å². The van der Waals surface area contributed by atoms with Crippen LogP contribution in [0.4, 0.5) is 11.6 Å². The fourth-order valence-corrected chi connectivity index (χ4v) is 4.85. The second-order valence-electron chi connectivity index (χ2n) is 8.92. The van der Waals surface area contributed by atoms with E-state index in [0.717, 1.165) is 30.6 Å². The Labute approximate surface area is 191 Å². The Kier molecular flexibility index (Phi) is 5.32. The van der Waals surface area contributed by atoms with E-state index in [1.165, 1.54) is 9.13 Å². The Bertz CT molecular complexity index is 1370. The van der Waals surface area contributed by atoms with Crippen LogP contribution < -0.4 is 21.9 Å². The minimum Gasteiger partial charge on any atom is -0.357 e. The van der Waals surface area contributed by atoms with Gasteiger partial charge in [0.2, 0.25) is 5.95 Å². The highest BCUT2D eigenvalue weighted by atomic mass is 16.2. The monoisotopic (exact) mass is 450 g/mol. The summed E-state index contributed by atoms with van der Waals surface area (Å²) in [7, 11) is 3.60. The molecular formula is C23H30N8O2. The van der Waals surface area contributed by atoms with Crippen LogP contribution in [-0.4, -0.2) is 55.6 Å². The van der Waals surface area contributed by atoms with Crippen molar-refractivity contribution in [2.45, 2.75) is 45.4 Å². The molecule has 174 valence electrons. The third-order valence-electron chi connectivity index (χ3n) is 6.66. The van der Waals surface area contributed by atoms with Gasteiger partial charge < -0.3 is 20.1 Å². The molecule has 5 rings (SSSR count). The van der Waals surface area contributed by atoms with Crippen LogP contribution in [-0.2, 0) is 26.7 Å². The lowest BCUT2D eigenvalue weighted by Gasteiger charge is -2.31. The molecule has 0 spiro atoms. The number of aromatic nitrogens is 4. The number of para-hydroxylation sites is 1. The number of piperidine rings is 1. The van der Waals surface area contributed by atoms with Crippen LogP contribution in [0.3, 0.4) is 0 Å². The normalized spacial score (nSPS) is 18.5. The quantitative estimate of drug-likeness (QED) is 0.636. The number of amidine groups is 1. The second-order valence-corrected chi connectivity index (χ2v) is 8.92. The highest BCUT2D eigenvalue weighted by Gasteiger charge is 2.26. The second kappa shape index (κ2) is 8.18. The molecule has 2 aromatic heterocycles. The molecule has 0 radical (unpaired) electrons. The fourth-order valence-electron chi connectivity index (χ4n) is 4.85. The van der Waals surface area contributed by atoms with E-state index in [-0.39, 0.29) is 18.1 Å². The van der Waals surface area contributed by atoms with Gasteiger partial charge >= 0.3 is 5.69 Å². The standard InChI is InChI=1S/C23H30N8O2/c1-4-30-19-20(26-22(30)29-11-7-9-16(24)13-29)28(3)23(33)31(21(19)32)14-18-25-17-10-6-5-8-15(17)12-27(18)2/h5-6,8,10,16H,4,7,9,11-14,24H2,1-3H3. The molecule has 33 heavy (non-hydrogen) atoms. The highest BCUT2D eigenvalue weighted by molar-refractivity contribution is 5.87. The van der Waals surface area contributed by atoms with Gasteiger partial charge in [-0.1, -0.05) is 18.2 Å². The molecule has 1 unspecified atom stereocenters. The first-order valence-corrected chi connectivity index (χ1v) is 11.5. The Morgan fingerprint density at radius 1 is 1.15 bits per heavy atom. The van der Waals surface area contributed by atoms with Gasteiger partial charge in [0.05, 0.1) is 12.2 Å². The summed E-state index contributed by atoms with van der Waals surface area (Å²) in [6, 6.07) is 7.99. The maximum absolute atomic E-state index is 13.6. The lowest BCUT2D eigenvalue weighted by atomic mass is 10.1. The van der Waals surface area contributed by atoms with Crippen molar-refractivity contribution in [1.29, 1.82) is 0 Å². The van der Waals surface area contributed by atoms with Crippen molar-refractivity contribution < 1.29 is 0 Å². The van der Waals surface area contributed by atoms with Gasteiger partial charge in [-0.05, 0) is 31.4 Å². The Hall–Kier alpha value is -3.40. The maximum Gasteiger partial charge on any atom is 0.332 e. The number of anilines is 1. The molecule has 0 bridgehead atoms. The molecule has 0 saturated carbocycles. The Morgan fingerprint density at radius 2 is 1.94 bits per heavy atom.